The molecule has 0 spiro atoms. The highest BCUT2D eigenvalue weighted by molar-refractivity contribution is 7.26. The van der Waals surface area contributed by atoms with Gasteiger partial charge in [0.05, 0.1) is 0 Å². The van der Waals surface area contributed by atoms with Gasteiger partial charge in [-0.3, -0.25) is 0 Å². The second-order valence-corrected chi connectivity index (χ2v) is 3.37. The molecule has 0 bridgehead atoms. The van der Waals surface area contributed by atoms with Crippen LogP contribution in [0.4, 0.5) is 0 Å². The molecule has 3 heteroatoms. The molecule has 0 N–H and O–H groups in total. The summed E-state index contributed by atoms with van der Waals surface area (Å²) >= 11 is 0. The Hall–Kier alpha value is -1.27. The molecule has 0 aliphatic carbocycles. The standard InChI is InChI=1S/C12H15O2P/c1-3-8-11(4-2)13-15-14-12-9-6-5-7-10-12/h3-10,15H,1-2H3/b8-3-,11-4+. The number of hydrogen-bond donors (Lipinski definition) is 0. The van der Waals surface area contributed by atoms with E-state index >= 15 is 0 Å². The molecule has 0 aromatic heterocycles. The minimum absolute atomic E-state index is 0.0129. The zero-order valence-corrected chi connectivity index (χ0v) is 9.94. The molecule has 0 amide bonds. The quantitative estimate of drug-likeness (QED) is 0.424. The van der Waals surface area contributed by atoms with Gasteiger partial charge in [0.1, 0.15) is 11.5 Å². The summed E-state index contributed by atoms with van der Waals surface area (Å²) in [6.07, 6.45) is 5.74. The van der Waals surface area contributed by atoms with Gasteiger partial charge in [0.2, 0.25) is 0 Å². The van der Waals surface area contributed by atoms with Gasteiger partial charge in [-0.15, -0.1) is 0 Å². The summed E-state index contributed by atoms with van der Waals surface area (Å²) in [6.45, 7) is 3.89. The Kier molecular flexibility index (Phi) is 5.57. The molecule has 0 saturated carbocycles. The van der Waals surface area contributed by atoms with Crippen LogP contribution in [-0.2, 0) is 4.52 Å². The van der Waals surface area contributed by atoms with Gasteiger partial charge in [-0.1, -0.05) is 24.3 Å². The Bertz CT molecular complexity index is 331. The summed E-state index contributed by atoms with van der Waals surface area (Å²) in [5.74, 6) is 1.65. The second-order valence-electron chi connectivity index (χ2n) is 2.79. The van der Waals surface area contributed by atoms with Crippen LogP contribution in [0.1, 0.15) is 13.8 Å². The highest BCUT2D eigenvalue weighted by atomic mass is 31.1. The number of para-hydroxylation sites is 1. The molecule has 2 nitrogen and oxygen atoms in total. The maximum absolute atomic E-state index is 5.42. The van der Waals surface area contributed by atoms with E-state index in [1.165, 1.54) is 0 Å². The van der Waals surface area contributed by atoms with Crippen LogP contribution in [0.3, 0.4) is 0 Å². The highest BCUT2D eigenvalue weighted by Crippen LogP contribution is 2.23. The summed E-state index contributed by atoms with van der Waals surface area (Å²) in [7, 11) is -0.0129. The van der Waals surface area contributed by atoms with Crippen LogP contribution in [-0.4, -0.2) is 0 Å². The zero-order valence-electron chi connectivity index (χ0n) is 8.94. The Balaban J connectivity index is 2.33. The van der Waals surface area contributed by atoms with Crippen molar-refractivity contribution in [3.05, 3.63) is 54.3 Å². The van der Waals surface area contributed by atoms with Crippen LogP contribution < -0.4 is 4.52 Å². The molecule has 0 aliphatic rings. The first-order valence-electron chi connectivity index (χ1n) is 4.79. The lowest BCUT2D eigenvalue weighted by molar-refractivity contribution is 0.440. The van der Waals surface area contributed by atoms with E-state index in [2.05, 4.69) is 0 Å². The van der Waals surface area contributed by atoms with Gasteiger partial charge in [-0.2, -0.15) is 0 Å². The lowest BCUT2D eigenvalue weighted by atomic mass is 10.3. The average Bonchev–Trinajstić information content (AvgIpc) is 2.29. The normalized spacial score (nSPS) is 12.5. The van der Waals surface area contributed by atoms with Crippen molar-refractivity contribution < 1.29 is 9.05 Å². The van der Waals surface area contributed by atoms with E-state index in [9.17, 15) is 0 Å². The highest BCUT2D eigenvalue weighted by Gasteiger charge is 1.94. The number of hydrogen-bond acceptors (Lipinski definition) is 2. The molecule has 15 heavy (non-hydrogen) atoms. The number of rotatable bonds is 5. The fourth-order valence-corrected chi connectivity index (χ4v) is 1.52. The molecule has 1 rings (SSSR count). The Morgan fingerprint density at radius 1 is 1.20 bits per heavy atom. The lowest BCUT2D eigenvalue weighted by Gasteiger charge is -2.06. The van der Waals surface area contributed by atoms with E-state index in [1.807, 2.05) is 62.4 Å². The van der Waals surface area contributed by atoms with Crippen molar-refractivity contribution >= 4 is 9.03 Å². The lowest BCUT2D eigenvalue weighted by Crippen LogP contribution is -1.82. The molecule has 0 fully saturated rings. The van der Waals surface area contributed by atoms with E-state index in [4.69, 9.17) is 9.05 Å². The van der Waals surface area contributed by atoms with Crippen LogP contribution in [0.2, 0.25) is 0 Å². The van der Waals surface area contributed by atoms with Gasteiger partial charge in [0, 0.05) is 0 Å². The third-order valence-corrected chi connectivity index (χ3v) is 2.32. The first-order valence-corrected chi connectivity index (χ1v) is 5.61. The fraction of sp³-hybridized carbons (Fsp3) is 0.167. The summed E-state index contributed by atoms with van der Waals surface area (Å²) in [6, 6.07) is 9.63. The van der Waals surface area contributed by atoms with E-state index < -0.39 is 0 Å². The molecule has 1 aromatic carbocycles. The summed E-state index contributed by atoms with van der Waals surface area (Å²) in [5, 5.41) is 0. The van der Waals surface area contributed by atoms with E-state index in [1.54, 1.807) is 0 Å². The second kappa shape index (κ2) is 7.08. The van der Waals surface area contributed by atoms with Crippen molar-refractivity contribution in [3.63, 3.8) is 0 Å². The third kappa shape index (κ3) is 4.66. The van der Waals surface area contributed by atoms with Crippen LogP contribution >= 0.6 is 9.03 Å². The van der Waals surface area contributed by atoms with Gasteiger partial charge in [0.25, 0.3) is 9.03 Å². The summed E-state index contributed by atoms with van der Waals surface area (Å²) in [4.78, 5) is 0. The Morgan fingerprint density at radius 3 is 2.53 bits per heavy atom. The average molecular weight is 222 g/mol. The summed E-state index contributed by atoms with van der Waals surface area (Å²) < 4.78 is 10.8. The SMILES string of the molecule is C/C=C\C(=C/C)OPOc1ccccc1. The van der Waals surface area contributed by atoms with Gasteiger partial charge >= 0.3 is 0 Å². The fourth-order valence-electron chi connectivity index (χ4n) is 0.959. The van der Waals surface area contributed by atoms with Crippen LogP contribution in [0.5, 0.6) is 5.75 Å². The van der Waals surface area contributed by atoms with Crippen molar-refractivity contribution in [1.82, 2.24) is 0 Å². The van der Waals surface area contributed by atoms with E-state index in [0.717, 1.165) is 11.5 Å². The van der Waals surface area contributed by atoms with Gasteiger partial charge < -0.3 is 9.05 Å². The first kappa shape index (κ1) is 11.8. The Labute approximate surface area is 92.6 Å². The van der Waals surface area contributed by atoms with Crippen molar-refractivity contribution in [2.45, 2.75) is 13.8 Å². The van der Waals surface area contributed by atoms with Crippen LogP contribution in [0, 0.1) is 0 Å². The minimum Gasteiger partial charge on any atom is -0.441 e. The predicted molar refractivity (Wildman–Crippen MR) is 65.0 cm³/mol. The van der Waals surface area contributed by atoms with Crippen molar-refractivity contribution in [3.8, 4) is 5.75 Å². The molecule has 1 atom stereocenters. The van der Waals surface area contributed by atoms with Crippen molar-refractivity contribution in [2.75, 3.05) is 0 Å². The van der Waals surface area contributed by atoms with Crippen molar-refractivity contribution in [2.24, 2.45) is 0 Å². The minimum atomic E-state index is -0.0129. The van der Waals surface area contributed by atoms with E-state index in [-0.39, 0.29) is 9.03 Å². The van der Waals surface area contributed by atoms with Gasteiger partial charge in [-0.25, -0.2) is 0 Å². The molecule has 0 aliphatic heterocycles. The number of allylic oxidation sites excluding steroid dienone is 3. The summed E-state index contributed by atoms with van der Waals surface area (Å²) in [5.41, 5.74) is 0. The van der Waals surface area contributed by atoms with Gasteiger partial charge in [0.15, 0.2) is 0 Å². The third-order valence-electron chi connectivity index (χ3n) is 1.68. The topological polar surface area (TPSA) is 18.5 Å². The predicted octanol–water partition coefficient (Wildman–Crippen LogP) is 4.07. The zero-order chi connectivity index (χ0) is 10.9. The Morgan fingerprint density at radius 2 is 1.93 bits per heavy atom. The maximum atomic E-state index is 5.42. The molecular weight excluding hydrogens is 207 g/mol. The van der Waals surface area contributed by atoms with E-state index in [0.29, 0.717) is 0 Å². The van der Waals surface area contributed by atoms with Crippen LogP contribution in [0.15, 0.2) is 54.3 Å². The van der Waals surface area contributed by atoms with Crippen molar-refractivity contribution in [1.29, 1.82) is 0 Å². The largest absolute Gasteiger partial charge is 0.441 e. The molecule has 0 saturated heterocycles. The molecule has 80 valence electrons. The number of benzene rings is 1. The molecule has 1 unspecified atom stereocenters. The first-order chi connectivity index (χ1) is 7.36. The molecule has 1 aromatic rings. The molecule has 0 radical (unpaired) electrons. The van der Waals surface area contributed by atoms with Gasteiger partial charge in [-0.05, 0) is 38.1 Å². The monoisotopic (exact) mass is 222 g/mol. The maximum Gasteiger partial charge on any atom is 0.275 e. The molecular formula is C12H15O2P. The van der Waals surface area contributed by atoms with Crippen LogP contribution in [0.25, 0.3) is 0 Å². The molecule has 0 heterocycles. The smallest absolute Gasteiger partial charge is 0.275 e.